The summed E-state index contributed by atoms with van der Waals surface area (Å²) >= 11 is 0.869. The minimum absolute atomic E-state index is 0.125. The van der Waals surface area contributed by atoms with Gasteiger partial charge in [-0.15, -0.1) is 0 Å². The quantitative estimate of drug-likeness (QED) is 0.155. The first-order chi connectivity index (χ1) is 17.4. The molecule has 38 heavy (non-hydrogen) atoms. The second-order valence-corrected chi connectivity index (χ2v) is 18.8. The summed E-state index contributed by atoms with van der Waals surface area (Å²) in [5, 5.41) is -0.125. The number of thioether (sulfide) groups is 1. The summed E-state index contributed by atoms with van der Waals surface area (Å²) < 4.78 is 59.4. The van der Waals surface area contributed by atoms with Gasteiger partial charge >= 0.3 is 12.1 Å². The van der Waals surface area contributed by atoms with Crippen molar-refractivity contribution in [1.82, 2.24) is 4.90 Å². The van der Waals surface area contributed by atoms with Gasteiger partial charge in [-0.2, -0.15) is 0 Å². The number of rotatable bonds is 8. The Bertz CT molecular complexity index is 1060. The number of amides is 1. The van der Waals surface area contributed by atoms with E-state index < -0.39 is 60.3 Å². The van der Waals surface area contributed by atoms with Gasteiger partial charge < -0.3 is 14.2 Å². The van der Waals surface area contributed by atoms with Crippen molar-refractivity contribution in [2.75, 3.05) is 27.1 Å². The van der Waals surface area contributed by atoms with Crippen LogP contribution >= 0.6 is 11.8 Å². The van der Waals surface area contributed by atoms with E-state index in [1.807, 2.05) is 0 Å². The highest BCUT2D eigenvalue weighted by molar-refractivity contribution is 8.15. The Hall–Kier alpha value is -2.05. The fraction of sp³-hybridized carbons (Fsp3) is 0.654. The number of benzene rings is 1. The average molecular weight is 577 g/mol. The minimum Gasteiger partial charge on any atom is -0.468 e. The molecule has 7 nitrogen and oxygen atoms in total. The van der Waals surface area contributed by atoms with Crippen LogP contribution in [-0.2, 0) is 24.5 Å². The van der Waals surface area contributed by atoms with Crippen LogP contribution in [0.5, 0.6) is 0 Å². The molecule has 1 heterocycles. The highest BCUT2D eigenvalue weighted by Crippen LogP contribution is 2.52. The lowest BCUT2D eigenvalue weighted by Gasteiger charge is -2.47. The summed E-state index contributed by atoms with van der Waals surface area (Å²) in [5.74, 6) is -4.21. The fourth-order valence-corrected chi connectivity index (χ4v) is 6.07. The molecule has 0 unspecified atom stereocenters. The zero-order valence-electron chi connectivity index (χ0n) is 23.6. The number of hydrogen-bond donors (Lipinski definition) is 0. The highest BCUT2D eigenvalue weighted by Gasteiger charge is 2.58. The Morgan fingerprint density at radius 2 is 1.84 bits per heavy atom. The van der Waals surface area contributed by atoms with Crippen molar-refractivity contribution in [3.05, 3.63) is 35.4 Å². The number of amidine groups is 1. The Labute approximate surface area is 228 Å². The van der Waals surface area contributed by atoms with Crippen molar-refractivity contribution >= 4 is 37.1 Å². The predicted octanol–water partition coefficient (Wildman–Crippen LogP) is 6.35. The van der Waals surface area contributed by atoms with Crippen molar-refractivity contribution in [2.45, 2.75) is 76.2 Å². The second-order valence-electron chi connectivity index (χ2n) is 11.7. The van der Waals surface area contributed by atoms with E-state index in [1.165, 1.54) is 33.1 Å². The van der Waals surface area contributed by atoms with Gasteiger partial charge in [-0.05, 0) is 39.8 Å². The van der Waals surface area contributed by atoms with E-state index in [2.05, 4.69) is 24.6 Å². The maximum Gasteiger partial charge on any atom is 0.418 e. The fourth-order valence-electron chi connectivity index (χ4n) is 3.95. The molecule has 0 N–H and O–H groups in total. The van der Waals surface area contributed by atoms with Crippen LogP contribution in [-0.4, -0.2) is 67.7 Å². The minimum atomic E-state index is -2.05. The lowest BCUT2D eigenvalue weighted by molar-refractivity contribution is -0.145. The third kappa shape index (κ3) is 7.12. The van der Waals surface area contributed by atoms with Gasteiger partial charge in [-0.3, -0.25) is 4.79 Å². The highest BCUT2D eigenvalue weighted by atomic mass is 32.2. The normalized spacial score (nSPS) is 24.0. The molecule has 0 saturated carbocycles. The lowest BCUT2D eigenvalue weighted by atomic mass is 9.73. The van der Waals surface area contributed by atoms with Crippen molar-refractivity contribution in [3.63, 3.8) is 0 Å². The SMILES string of the molecule is COC(=O)[C@@]1(C)SC(N(COCC[Si](C)(C)C)C(=O)OC(C)(C)C)=N[C@](CF)(c2cccc(F)c2F)[C@@H]1C. The van der Waals surface area contributed by atoms with Gasteiger partial charge in [-0.1, -0.05) is 50.5 Å². The predicted molar refractivity (Wildman–Crippen MR) is 146 cm³/mol. The number of ether oxygens (including phenoxy) is 3. The topological polar surface area (TPSA) is 77.4 Å². The van der Waals surface area contributed by atoms with Crippen LogP contribution in [0, 0.1) is 17.6 Å². The smallest absolute Gasteiger partial charge is 0.418 e. The number of halogens is 3. The zero-order valence-corrected chi connectivity index (χ0v) is 25.4. The molecular weight excluding hydrogens is 537 g/mol. The first-order valence-corrected chi connectivity index (χ1v) is 16.9. The molecule has 12 heteroatoms. The molecule has 1 aromatic rings. The zero-order chi connectivity index (χ0) is 29.1. The largest absolute Gasteiger partial charge is 0.468 e. The Balaban J connectivity index is 2.72. The lowest BCUT2D eigenvalue weighted by Crippen LogP contribution is -2.57. The summed E-state index contributed by atoms with van der Waals surface area (Å²) in [7, 11) is -0.276. The standard InChI is InChI=1S/C26H39F3N2O5SSi/c1-17-25(5,21(32)34-6)37-22(30-26(17,15-27)18-11-10-12-19(28)20(18)29)31(23(33)36-24(2,3)4)16-35-13-14-38(7,8)9/h10-12,17H,13-16H2,1-9H3/t17-,25+,26+/m1/s1. The molecule has 0 fully saturated rings. The number of carbonyl (C=O) groups is 2. The van der Waals surface area contributed by atoms with E-state index >= 15 is 8.78 Å². The van der Waals surface area contributed by atoms with Crippen LogP contribution in [0.1, 0.15) is 40.2 Å². The molecule has 0 aromatic heterocycles. The maximum absolute atomic E-state index is 15.1. The number of aliphatic imine (C=N–C) groups is 1. The molecule has 1 aliphatic rings. The molecule has 214 valence electrons. The van der Waals surface area contributed by atoms with Crippen molar-refractivity contribution < 1.29 is 37.0 Å². The van der Waals surface area contributed by atoms with E-state index in [1.54, 1.807) is 20.8 Å². The molecule has 0 radical (unpaired) electrons. The summed E-state index contributed by atoms with van der Waals surface area (Å²) in [6.07, 6.45) is -0.842. The molecular formula is C26H39F3N2O5SSi. The summed E-state index contributed by atoms with van der Waals surface area (Å²) in [6.45, 7) is 13.4. The van der Waals surface area contributed by atoms with Gasteiger partial charge in [0.15, 0.2) is 16.8 Å². The van der Waals surface area contributed by atoms with E-state index in [0.717, 1.165) is 28.8 Å². The number of hydrogen-bond acceptors (Lipinski definition) is 7. The number of methoxy groups -OCH3 is 1. The molecule has 1 aliphatic heterocycles. The number of esters is 1. The average Bonchev–Trinajstić information content (AvgIpc) is 2.80. The molecule has 1 amide bonds. The van der Waals surface area contributed by atoms with Crippen LogP contribution in [0.25, 0.3) is 0 Å². The maximum atomic E-state index is 15.1. The van der Waals surface area contributed by atoms with E-state index in [4.69, 9.17) is 14.2 Å². The van der Waals surface area contributed by atoms with Gasteiger partial charge in [-0.25, -0.2) is 27.9 Å². The first kappa shape index (κ1) is 32.2. The van der Waals surface area contributed by atoms with Gasteiger partial charge in [0.1, 0.15) is 29.3 Å². The van der Waals surface area contributed by atoms with E-state index in [9.17, 15) is 14.0 Å². The number of alkyl halides is 1. The number of nitrogens with zero attached hydrogens (tertiary/aromatic N) is 2. The third-order valence-electron chi connectivity index (χ3n) is 6.42. The molecule has 0 spiro atoms. The molecule has 2 rings (SSSR count). The van der Waals surface area contributed by atoms with Crippen LogP contribution < -0.4 is 0 Å². The third-order valence-corrected chi connectivity index (χ3v) is 9.56. The van der Waals surface area contributed by atoms with Crippen LogP contribution in [0.3, 0.4) is 0 Å². The molecule has 0 bridgehead atoms. The van der Waals surface area contributed by atoms with Crippen LogP contribution in [0.15, 0.2) is 23.2 Å². The van der Waals surface area contributed by atoms with Crippen LogP contribution in [0.2, 0.25) is 25.7 Å². The Morgan fingerprint density at radius 3 is 2.37 bits per heavy atom. The van der Waals surface area contributed by atoms with Gasteiger partial charge in [0.25, 0.3) is 0 Å². The molecule has 1 aromatic carbocycles. The summed E-state index contributed by atoms with van der Waals surface area (Å²) in [6, 6.07) is 4.20. The van der Waals surface area contributed by atoms with Crippen molar-refractivity contribution in [2.24, 2.45) is 10.9 Å². The monoisotopic (exact) mass is 576 g/mol. The van der Waals surface area contributed by atoms with Crippen molar-refractivity contribution in [1.29, 1.82) is 0 Å². The second kappa shape index (κ2) is 12.0. The summed E-state index contributed by atoms with van der Waals surface area (Å²) in [4.78, 5) is 32.0. The number of carbonyl (C=O) groups excluding carboxylic acids is 2. The molecule has 0 saturated heterocycles. The Kier molecular flexibility index (Phi) is 10.2. The molecule has 3 atom stereocenters. The first-order valence-electron chi connectivity index (χ1n) is 12.4. The van der Waals surface area contributed by atoms with Gasteiger partial charge in [0, 0.05) is 26.2 Å². The van der Waals surface area contributed by atoms with Crippen molar-refractivity contribution in [3.8, 4) is 0 Å². The van der Waals surface area contributed by atoms with E-state index in [-0.39, 0.29) is 17.5 Å². The van der Waals surface area contributed by atoms with Gasteiger partial charge in [0.2, 0.25) is 0 Å². The summed E-state index contributed by atoms with van der Waals surface area (Å²) in [5.41, 5.74) is -3.31. The Morgan fingerprint density at radius 1 is 1.21 bits per heavy atom. The van der Waals surface area contributed by atoms with Gasteiger partial charge in [0.05, 0.1) is 7.11 Å². The van der Waals surface area contributed by atoms with Crippen LogP contribution in [0.4, 0.5) is 18.0 Å². The van der Waals surface area contributed by atoms with E-state index in [0.29, 0.717) is 6.61 Å². The molecule has 0 aliphatic carbocycles.